The van der Waals surface area contributed by atoms with Gasteiger partial charge in [-0.1, -0.05) is 30.3 Å². The van der Waals surface area contributed by atoms with Crippen molar-refractivity contribution < 1.29 is 13.9 Å². The van der Waals surface area contributed by atoms with E-state index in [0.29, 0.717) is 32.1 Å². The van der Waals surface area contributed by atoms with Gasteiger partial charge in [0.15, 0.2) is 0 Å². The summed E-state index contributed by atoms with van der Waals surface area (Å²) in [6, 6.07) is 10.3. The van der Waals surface area contributed by atoms with E-state index in [2.05, 4.69) is 37.6 Å². The van der Waals surface area contributed by atoms with E-state index >= 15 is 0 Å². The molecule has 0 saturated carbocycles. The second kappa shape index (κ2) is 8.31. The summed E-state index contributed by atoms with van der Waals surface area (Å²) < 4.78 is 30.3. The van der Waals surface area contributed by atoms with Gasteiger partial charge in [0.1, 0.15) is 27.9 Å². The van der Waals surface area contributed by atoms with Gasteiger partial charge in [0.05, 0.1) is 21.1 Å². The summed E-state index contributed by atoms with van der Waals surface area (Å²) in [5.74, 6) is 0.486. The Hall–Kier alpha value is -2.05. The average molecular weight is 579 g/mol. The zero-order chi connectivity index (χ0) is 22.6. The first kappa shape index (κ1) is 21.5. The van der Waals surface area contributed by atoms with Crippen LogP contribution in [0.1, 0.15) is 24.8 Å². The zero-order valence-electron chi connectivity index (χ0n) is 18.1. The molecule has 2 fully saturated rings. The monoisotopic (exact) mass is 579 g/mol. The maximum atomic E-state index is 14.2. The number of hydrogen-bond acceptors (Lipinski definition) is 7. The minimum atomic E-state index is -0.792. The van der Waals surface area contributed by atoms with Crippen molar-refractivity contribution in [3.05, 3.63) is 39.6 Å². The molecule has 6 rings (SSSR count). The molecule has 2 aliphatic heterocycles. The summed E-state index contributed by atoms with van der Waals surface area (Å²) in [6.07, 6.45) is 1.74. The van der Waals surface area contributed by atoms with Gasteiger partial charge in [0.25, 0.3) is 0 Å². The number of aromatic nitrogens is 4. The van der Waals surface area contributed by atoms with Crippen LogP contribution in [0.2, 0.25) is 0 Å². The van der Waals surface area contributed by atoms with E-state index in [0.717, 1.165) is 49.1 Å². The highest BCUT2D eigenvalue weighted by molar-refractivity contribution is 14.1. The molecule has 7 nitrogen and oxygen atoms in total. The Morgan fingerprint density at radius 2 is 2.09 bits per heavy atom. The number of halogens is 2. The highest BCUT2D eigenvalue weighted by atomic mass is 127. The molecular formula is C23H23FIN5O2S. The van der Waals surface area contributed by atoms with Crippen molar-refractivity contribution in [3.8, 4) is 11.9 Å². The van der Waals surface area contributed by atoms with Gasteiger partial charge < -0.3 is 9.47 Å². The number of benzene rings is 1. The Morgan fingerprint density at radius 1 is 1.24 bits per heavy atom. The van der Waals surface area contributed by atoms with Crippen molar-refractivity contribution in [2.24, 2.45) is 7.05 Å². The molecule has 5 heterocycles. The number of thiophene rings is 1. The number of ether oxygens (including phenoxy) is 2. The molecule has 2 atom stereocenters. The van der Waals surface area contributed by atoms with Gasteiger partial charge in [-0.2, -0.15) is 15.1 Å². The van der Waals surface area contributed by atoms with E-state index in [1.165, 1.54) is 0 Å². The van der Waals surface area contributed by atoms with Gasteiger partial charge >= 0.3 is 6.01 Å². The highest BCUT2D eigenvalue weighted by Crippen LogP contribution is 2.42. The fourth-order valence-corrected chi connectivity index (χ4v) is 7.12. The molecule has 0 aliphatic carbocycles. The first-order valence-corrected chi connectivity index (χ1v) is 12.9. The third-order valence-electron chi connectivity index (χ3n) is 6.67. The Labute approximate surface area is 208 Å². The number of rotatable bonds is 6. The summed E-state index contributed by atoms with van der Waals surface area (Å²) in [5.41, 5.74) is 1.77. The first-order chi connectivity index (χ1) is 16.0. The molecule has 2 saturated heterocycles. The molecule has 0 unspecified atom stereocenters. The predicted octanol–water partition coefficient (Wildman–Crippen LogP) is 4.72. The lowest BCUT2D eigenvalue weighted by Gasteiger charge is -2.30. The number of hydrogen-bond donors (Lipinski definition) is 0. The first-order valence-electron chi connectivity index (χ1n) is 11.0. The lowest BCUT2D eigenvalue weighted by Crippen LogP contribution is -2.43. The smallest absolute Gasteiger partial charge is 0.321 e. The van der Waals surface area contributed by atoms with Crippen molar-refractivity contribution >= 4 is 54.4 Å². The van der Waals surface area contributed by atoms with Crippen LogP contribution >= 0.6 is 33.9 Å². The van der Waals surface area contributed by atoms with Gasteiger partial charge in [-0.3, -0.25) is 9.58 Å². The Bertz CT molecular complexity index is 1330. The molecule has 0 N–H and O–H groups in total. The standard InChI is InChI=1S/C23H23FIN5O2S/c1-29-17-16-20(31-12-14-6-3-2-4-7-14)26-22(27-21(16)33-18(17)19(25)28-29)32-13-23-8-5-9-30(23)11-15(24)10-23/h2-4,6-7,15H,5,8-13H2,1H3/t15-,23+/m1/s1. The molecule has 10 heteroatoms. The Kier molecular flexibility index (Phi) is 5.41. The lowest BCUT2D eigenvalue weighted by molar-refractivity contribution is 0.107. The molecular weight excluding hydrogens is 556 g/mol. The summed E-state index contributed by atoms with van der Waals surface area (Å²) in [5, 5.41) is 5.39. The summed E-state index contributed by atoms with van der Waals surface area (Å²) in [6.45, 7) is 2.20. The van der Waals surface area contributed by atoms with Crippen LogP contribution in [0.3, 0.4) is 0 Å². The van der Waals surface area contributed by atoms with Crippen LogP contribution in [0.4, 0.5) is 4.39 Å². The van der Waals surface area contributed by atoms with Gasteiger partial charge in [-0.25, -0.2) is 4.39 Å². The molecule has 4 aromatic rings. The van der Waals surface area contributed by atoms with Crippen molar-refractivity contribution in [2.75, 3.05) is 19.7 Å². The van der Waals surface area contributed by atoms with Gasteiger partial charge in [-0.05, 0) is 47.5 Å². The quantitative estimate of drug-likeness (QED) is 0.309. The topological polar surface area (TPSA) is 65.3 Å². The second-order valence-electron chi connectivity index (χ2n) is 8.82. The van der Waals surface area contributed by atoms with E-state index in [1.54, 1.807) is 11.3 Å². The third-order valence-corrected chi connectivity index (χ3v) is 8.87. The molecule has 33 heavy (non-hydrogen) atoms. The van der Waals surface area contributed by atoms with E-state index < -0.39 is 6.17 Å². The van der Waals surface area contributed by atoms with Crippen LogP contribution in [0.15, 0.2) is 30.3 Å². The van der Waals surface area contributed by atoms with Gasteiger partial charge in [0, 0.05) is 20.0 Å². The minimum Gasteiger partial charge on any atom is -0.472 e. The number of fused-ring (bicyclic) bond motifs is 4. The molecule has 0 spiro atoms. The van der Waals surface area contributed by atoms with Crippen molar-refractivity contribution in [1.29, 1.82) is 0 Å². The predicted molar refractivity (Wildman–Crippen MR) is 134 cm³/mol. The Balaban J connectivity index is 1.36. The fraction of sp³-hybridized carbons (Fsp3) is 0.435. The fourth-order valence-electron chi connectivity index (χ4n) is 5.16. The van der Waals surface area contributed by atoms with E-state index in [4.69, 9.17) is 14.5 Å². The SMILES string of the molecule is Cn1nc(I)c2sc3nc(OC[C@@]45CCCN4C[C@H](F)C5)nc(OCc4ccccc4)c3c21. The molecule has 3 aromatic heterocycles. The molecule has 0 amide bonds. The average Bonchev–Trinajstić information content (AvgIpc) is 3.51. The number of alkyl halides is 1. The Morgan fingerprint density at radius 3 is 2.94 bits per heavy atom. The van der Waals surface area contributed by atoms with Crippen LogP contribution in [0.5, 0.6) is 11.9 Å². The minimum absolute atomic E-state index is 0.248. The van der Waals surface area contributed by atoms with Gasteiger partial charge in [-0.15, -0.1) is 11.3 Å². The summed E-state index contributed by atoms with van der Waals surface area (Å²) in [7, 11) is 1.92. The van der Waals surface area contributed by atoms with E-state index in [-0.39, 0.29) is 11.5 Å². The van der Waals surface area contributed by atoms with Crippen LogP contribution in [-0.2, 0) is 13.7 Å². The second-order valence-corrected chi connectivity index (χ2v) is 10.8. The zero-order valence-corrected chi connectivity index (χ0v) is 21.1. The number of aryl methyl sites for hydroxylation is 1. The van der Waals surface area contributed by atoms with E-state index in [1.807, 2.05) is 42.1 Å². The molecule has 1 aromatic carbocycles. The van der Waals surface area contributed by atoms with Crippen LogP contribution in [0.25, 0.3) is 20.4 Å². The van der Waals surface area contributed by atoms with E-state index in [9.17, 15) is 4.39 Å². The van der Waals surface area contributed by atoms with Crippen LogP contribution in [0, 0.1) is 3.70 Å². The van der Waals surface area contributed by atoms with Crippen LogP contribution in [-0.4, -0.2) is 56.1 Å². The lowest BCUT2D eigenvalue weighted by atomic mass is 9.95. The number of nitrogens with zero attached hydrogens (tertiary/aromatic N) is 5. The molecule has 0 bridgehead atoms. The molecule has 172 valence electrons. The van der Waals surface area contributed by atoms with Crippen molar-refractivity contribution in [2.45, 2.75) is 37.6 Å². The molecule has 0 radical (unpaired) electrons. The highest BCUT2D eigenvalue weighted by Gasteiger charge is 2.49. The summed E-state index contributed by atoms with van der Waals surface area (Å²) >= 11 is 3.81. The largest absolute Gasteiger partial charge is 0.472 e. The van der Waals surface area contributed by atoms with Crippen molar-refractivity contribution in [1.82, 2.24) is 24.6 Å². The normalized spacial score (nSPS) is 22.9. The maximum absolute atomic E-state index is 14.2. The summed E-state index contributed by atoms with van der Waals surface area (Å²) in [4.78, 5) is 12.4. The van der Waals surface area contributed by atoms with Crippen LogP contribution < -0.4 is 9.47 Å². The third kappa shape index (κ3) is 3.75. The van der Waals surface area contributed by atoms with Gasteiger partial charge in [0.2, 0.25) is 5.88 Å². The maximum Gasteiger partial charge on any atom is 0.321 e. The van der Waals surface area contributed by atoms with Crippen molar-refractivity contribution in [3.63, 3.8) is 0 Å². The molecule has 2 aliphatic rings.